The number of amides is 3. The Morgan fingerprint density at radius 3 is 2.48 bits per heavy atom. The quantitative estimate of drug-likeness (QED) is 0.122. The molecule has 1 aliphatic heterocycles. The number of piperidine rings is 1. The van der Waals surface area contributed by atoms with Crippen LogP contribution in [0.1, 0.15) is 42.2 Å². The molecule has 1 aliphatic rings. The van der Waals surface area contributed by atoms with E-state index in [1.54, 1.807) is 24.2 Å². The molecule has 3 amide bonds. The molecule has 0 spiro atoms. The fraction of sp³-hybridized carbons (Fsp3) is 0.529. The van der Waals surface area contributed by atoms with Crippen molar-refractivity contribution in [2.45, 2.75) is 45.2 Å². The SMILES string of the molecule is CCc1cccc(-c2cnc(C(=O)NCCOCCOCCOCCC(=O)OC)c(NC(=O)CB(C#N)CC3CCN(C)C(=O)C3)c2)c1. The van der Waals surface area contributed by atoms with Crippen molar-refractivity contribution in [3.63, 3.8) is 0 Å². The van der Waals surface area contributed by atoms with Crippen LogP contribution in [0.4, 0.5) is 5.69 Å². The Morgan fingerprint density at radius 2 is 1.79 bits per heavy atom. The summed E-state index contributed by atoms with van der Waals surface area (Å²) in [6.45, 7) is 4.19. The number of pyridine rings is 1. The van der Waals surface area contributed by atoms with Gasteiger partial charge >= 0.3 is 5.97 Å². The number of carbonyl (C=O) groups excluding carboxylic acids is 4. The monoisotopic (exact) mass is 663 g/mol. The standard InChI is InChI=1S/C34H46BN5O8/c1-4-25-6-5-7-27(18-25)28-20-29(39-30(41)22-35(24-36)21-26-8-11-40(2)31(42)19-26)33(38-23-28)34(44)37-10-13-47-15-17-48-16-14-46-12-9-32(43)45-3/h5-7,18,20,23,26H,4,8-17,19,21-22H2,1-3H3,(H,37,44)(H,39,41). The molecule has 14 heteroatoms. The molecule has 1 atom stereocenters. The number of hydrogen-bond acceptors (Lipinski definition) is 10. The molecule has 1 fully saturated rings. The second-order valence-electron chi connectivity index (χ2n) is 11.6. The van der Waals surface area contributed by atoms with Gasteiger partial charge in [-0.3, -0.25) is 19.2 Å². The molecule has 2 heterocycles. The molecule has 1 aromatic heterocycles. The van der Waals surface area contributed by atoms with Crippen LogP contribution in [0.25, 0.3) is 11.1 Å². The minimum absolute atomic E-state index is 0.0451. The summed E-state index contributed by atoms with van der Waals surface area (Å²) in [6.07, 6.45) is 4.19. The van der Waals surface area contributed by atoms with E-state index in [1.807, 2.05) is 24.3 Å². The summed E-state index contributed by atoms with van der Waals surface area (Å²) in [5, 5.41) is 15.4. The lowest BCUT2D eigenvalue weighted by atomic mass is 9.43. The Balaban J connectivity index is 1.54. The van der Waals surface area contributed by atoms with Gasteiger partial charge in [-0.25, -0.2) is 10.2 Å². The molecule has 0 aliphatic carbocycles. The molecule has 1 aromatic carbocycles. The number of anilines is 1. The van der Waals surface area contributed by atoms with Gasteiger partial charge in [0.2, 0.25) is 11.8 Å². The molecule has 258 valence electrons. The summed E-state index contributed by atoms with van der Waals surface area (Å²) in [7, 11) is 3.09. The van der Waals surface area contributed by atoms with Crippen molar-refractivity contribution in [2.75, 3.05) is 72.2 Å². The number of aromatic nitrogens is 1. The normalized spacial score (nSPS) is 14.2. The van der Waals surface area contributed by atoms with Crippen LogP contribution in [0.5, 0.6) is 0 Å². The van der Waals surface area contributed by atoms with Crippen LogP contribution in [-0.2, 0) is 39.8 Å². The molecule has 2 aromatic rings. The molecule has 0 radical (unpaired) electrons. The zero-order chi connectivity index (χ0) is 34.7. The summed E-state index contributed by atoms with van der Waals surface area (Å²) in [6, 6.07) is 9.68. The Morgan fingerprint density at radius 1 is 1.06 bits per heavy atom. The molecule has 2 N–H and O–H groups in total. The molecule has 1 unspecified atom stereocenters. The number of esters is 1. The molecule has 48 heavy (non-hydrogen) atoms. The van der Waals surface area contributed by atoms with Crippen LogP contribution in [0.15, 0.2) is 36.5 Å². The van der Waals surface area contributed by atoms with Crippen molar-refractivity contribution in [3.05, 3.63) is 47.8 Å². The molecule has 13 nitrogen and oxygen atoms in total. The van der Waals surface area contributed by atoms with Gasteiger partial charge < -0.3 is 34.5 Å². The number of rotatable bonds is 20. The highest BCUT2D eigenvalue weighted by Gasteiger charge is 2.29. The second-order valence-corrected chi connectivity index (χ2v) is 11.6. The second kappa shape index (κ2) is 20.8. The van der Waals surface area contributed by atoms with Crippen LogP contribution < -0.4 is 10.6 Å². The number of ether oxygens (including phenoxy) is 4. The Bertz CT molecular complexity index is 1420. The van der Waals surface area contributed by atoms with Gasteiger partial charge in [0.15, 0.2) is 5.69 Å². The van der Waals surface area contributed by atoms with Crippen LogP contribution >= 0.6 is 0 Å². The fourth-order valence-electron chi connectivity index (χ4n) is 5.21. The largest absolute Gasteiger partial charge is 0.469 e. The zero-order valence-corrected chi connectivity index (χ0v) is 28.1. The molecular formula is C34H46BN5O8. The van der Waals surface area contributed by atoms with Gasteiger partial charge in [-0.2, -0.15) is 0 Å². The van der Waals surface area contributed by atoms with E-state index in [0.29, 0.717) is 45.7 Å². The number of carbonyl (C=O) groups is 4. The van der Waals surface area contributed by atoms with Crippen molar-refractivity contribution in [1.82, 2.24) is 15.2 Å². The average molecular weight is 664 g/mol. The number of methoxy groups -OCH3 is 1. The van der Waals surface area contributed by atoms with E-state index in [1.165, 1.54) is 7.11 Å². The molecule has 1 saturated heterocycles. The predicted molar refractivity (Wildman–Crippen MR) is 180 cm³/mol. The van der Waals surface area contributed by atoms with Crippen LogP contribution in [0, 0.1) is 17.1 Å². The highest BCUT2D eigenvalue weighted by atomic mass is 16.5. The zero-order valence-electron chi connectivity index (χ0n) is 28.1. The first kappa shape index (κ1) is 38.1. The van der Waals surface area contributed by atoms with Gasteiger partial charge in [0.1, 0.15) is 0 Å². The van der Waals surface area contributed by atoms with Gasteiger partial charge in [-0.1, -0.05) is 37.5 Å². The van der Waals surface area contributed by atoms with Crippen LogP contribution in [0.3, 0.4) is 0 Å². The Hall–Kier alpha value is -4.32. The van der Waals surface area contributed by atoms with Crippen molar-refractivity contribution >= 4 is 36.1 Å². The Labute approximate surface area is 282 Å². The summed E-state index contributed by atoms with van der Waals surface area (Å²) >= 11 is 0. The van der Waals surface area contributed by atoms with E-state index in [9.17, 15) is 24.4 Å². The molecule has 0 bridgehead atoms. The third-order valence-electron chi connectivity index (χ3n) is 7.99. The van der Waals surface area contributed by atoms with Crippen molar-refractivity contribution < 1.29 is 38.1 Å². The van der Waals surface area contributed by atoms with Gasteiger partial charge in [-0.15, -0.1) is 0 Å². The topological polar surface area (TPSA) is 169 Å². The van der Waals surface area contributed by atoms with E-state index >= 15 is 0 Å². The number of nitriles is 1. The lowest BCUT2D eigenvalue weighted by Gasteiger charge is -2.29. The van der Waals surface area contributed by atoms with Gasteiger partial charge in [0, 0.05) is 50.6 Å². The van der Waals surface area contributed by atoms with Gasteiger partial charge in [0.05, 0.1) is 58.9 Å². The van der Waals surface area contributed by atoms with Crippen LogP contribution in [-0.4, -0.2) is 107 Å². The van der Waals surface area contributed by atoms with E-state index in [2.05, 4.69) is 33.2 Å². The minimum atomic E-state index is -0.568. The van der Waals surface area contributed by atoms with Crippen molar-refractivity contribution in [1.29, 1.82) is 5.26 Å². The average Bonchev–Trinajstić information content (AvgIpc) is 3.09. The summed E-state index contributed by atoms with van der Waals surface area (Å²) in [4.78, 5) is 55.7. The van der Waals surface area contributed by atoms with E-state index in [-0.39, 0.29) is 61.7 Å². The van der Waals surface area contributed by atoms with Crippen molar-refractivity contribution in [2.24, 2.45) is 5.92 Å². The first-order valence-electron chi connectivity index (χ1n) is 16.3. The van der Waals surface area contributed by atoms with E-state index in [0.717, 1.165) is 29.5 Å². The van der Waals surface area contributed by atoms with E-state index < -0.39 is 18.5 Å². The highest BCUT2D eigenvalue weighted by Crippen LogP contribution is 2.27. The lowest BCUT2D eigenvalue weighted by molar-refractivity contribution is -0.142. The van der Waals surface area contributed by atoms with Gasteiger partial charge in [0.25, 0.3) is 12.6 Å². The minimum Gasteiger partial charge on any atom is -0.469 e. The third-order valence-corrected chi connectivity index (χ3v) is 7.99. The first-order valence-corrected chi connectivity index (χ1v) is 16.3. The summed E-state index contributed by atoms with van der Waals surface area (Å²) in [5.74, 6) is 1.10. The predicted octanol–water partition coefficient (Wildman–Crippen LogP) is 3.02. The number of benzene rings is 1. The number of aryl methyl sites for hydroxylation is 1. The smallest absolute Gasteiger partial charge is 0.307 e. The third kappa shape index (κ3) is 13.1. The highest BCUT2D eigenvalue weighted by molar-refractivity contribution is 6.70. The summed E-state index contributed by atoms with van der Waals surface area (Å²) < 4.78 is 20.8. The lowest BCUT2D eigenvalue weighted by Crippen LogP contribution is -2.37. The van der Waals surface area contributed by atoms with Gasteiger partial charge in [-0.05, 0) is 36.0 Å². The maximum atomic E-state index is 13.2. The first-order chi connectivity index (χ1) is 23.2. The van der Waals surface area contributed by atoms with Crippen molar-refractivity contribution in [3.8, 4) is 17.1 Å². The number of likely N-dealkylation sites (tertiary alicyclic amines) is 1. The maximum absolute atomic E-state index is 13.2. The summed E-state index contributed by atoms with van der Waals surface area (Å²) in [5.41, 5.74) is 3.05. The maximum Gasteiger partial charge on any atom is 0.307 e. The molecule has 3 rings (SSSR count). The van der Waals surface area contributed by atoms with E-state index in [4.69, 9.17) is 14.2 Å². The number of hydrogen-bond donors (Lipinski definition) is 2. The Kier molecular flexibility index (Phi) is 16.5. The fourth-order valence-corrected chi connectivity index (χ4v) is 5.21. The number of nitrogens with one attached hydrogen (secondary N) is 2. The van der Waals surface area contributed by atoms with Crippen LogP contribution in [0.2, 0.25) is 12.6 Å². The molecule has 0 saturated carbocycles. The number of nitrogens with zero attached hydrogens (tertiary/aromatic N) is 3. The molecular weight excluding hydrogens is 617 g/mol.